The average molecular weight is 491 g/mol. The number of nitrogens with zero attached hydrogens (tertiary/aromatic N) is 4. The molecular weight excluding hydrogens is 464 g/mol. The molecule has 36 heavy (non-hydrogen) atoms. The van der Waals surface area contributed by atoms with E-state index in [0.717, 1.165) is 35.5 Å². The highest BCUT2D eigenvalue weighted by Gasteiger charge is 2.15. The zero-order valence-electron chi connectivity index (χ0n) is 20.5. The van der Waals surface area contributed by atoms with Crippen LogP contribution in [-0.2, 0) is 6.54 Å². The number of hydrogen-bond acceptors (Lipinski definition) is 5. The maximum absolute atomic E-state index is 13.6. The Morgan fingerprint density at radius 2 is 1.58 bits per heavy atom. The van der Waals surface area contributed by atoms with Crippen LogP contribution < -0.4 is 19.7 Å². The molecule has 0 aliphatic rings. The Kier molecular flexibility index (Phi) is 7.49. The van der Waals surface area contributed by atoms with Crippen LogP contribution in [0.4, 0.5) is 5.69 Å². The van der Waals surface area contributed by atoms with E-state index in [0.29, 0.717) is 14.9 Å². The molecule has 3 aromatic carbocycles. The summed E-state index contributed by atoms with van der Waals surface area (Å²) < 4.78 is 2.33. The van der Waals surface area contributed by atoms with Gasteiger partial charge in [-0.1, -0.05) is 60.7 Å². The smallest absolute Gasteiger partial charge is 0.273 e. The quantitative estimate of drug-likeness (QED) is 0.397. The predicted molar refractivity (Wildman–Crippen MR) is 146 cm³/mol. The predicted octanol–water partition coefficient (Wildman–Crippen LogP) is 4.57. The first-order valence-electron chi connectivity index (χ1n) is 11.7. The molecule has 0 N–H and O–H groups in total. The number of nitriles is 2. The average Bonchev–Trinajstić information content (AvgIpc) is 3.20. The summed E-state index contributed by atoms with van der Waals surface area (Å²) in [6, 6.07) is 28.1. The first-order valence-corrected chi connectivity index (χ1v) is 12.5. The molecule has 0 atom stereocenters. The number of benzene rings is 3. The highest BCUT2D eigenvalue weighted by atomic mass is 32.1. The molecule has 0 aliphatic carbocycles. The largest absolute Gasteiger partial charge is 0.367 e. The second-order valence-corrected chi connectivity index (χ2v) is 9.52. The van der Waals surface area contributed by atoms with Crippen molar-refractivity contribution in [2.24, 2.45) is 0 Å². The van der Waals surface area contributed by atoms with Crippen molar-refractivity contribution in [3.8, 4) is 17.8 Å². The normalized spacial score (nSPS) is 11.1. The topological polar surface area (TPSA) is 72.8 Å². The van der Waals surface area contributed by atoms with Gasteiger partial charge in [0, 0.05) is 18.8 Å². The van der Waals surface area contributed by atoms with E-state index in [-0.39, 0.29) is 11.1 Å². The van der Waals surface area contributed by atoms with Gasteiger partial charge in [0.25, 0.3) is 5.56 Å². The summed E-state index contributed by atoms with van der Waals surface area (Å²) in [5.41, 5.74) is 5.43. The standard InChI is InChI=1S/C30H26N4OS/c1-4-33(20-24-11-6-5-7-12-24)26-15-13-23(14-16-26)17-27-29(35)34(30(36-27)25(18-31)19-32)28-21(2)9-8-10-22(28)3/h5-17H,4,20H2,1-3H3. The zero-order chi connectivity index (χ0) is 25.7. The Labute approximate surface area is 214 Å². The second kappa shape index (κ2) is 10.9. The van der Waals surface area contributed by atoms with Crippen LogP contribution in [0.5, 0.6) is 0 Å². The summed E-state index contributed by atoms with van der Waals surface area (Å²) in [4.78, 5) is 15.9. The van der Waals surface area contributed by atoms with Crippen molar-refractivity contribution in [2.45, 2.75) is 27.3 Å². The van der Waals surface area contributed by atoms with Crippen LogP contribution in [0, 0.1) is 36.5 Å². The molecule has 0 saturated heterocycles. The van der Waals surface area contributed by atoms with Gasteiger partial charge >= 0.3 is 0 Å². The molecule has 0 saturated carbocycles. The molecule has 0 radical (unpaired) electrons. The molecule has 4 aromatic rings. The fourth-order valence-electron chi connectivity index (χ4n) is 4.25. The van der Waals surface area contributed by atoms with E-state index in [9.17, 15) is 15.3 Å². The fraction of sp³-hybridized carbons (Fsp3) is 0.167. The van der Waals surface area contributed by atoms with Crippen molar-refractivity contribution in [1.29, 1.82) is 10.5 Å². The summed E-state index contributed by atoms with van der Waals surface area (Å²) in [7, 11) is 0. The Balaban J connectivity index is 1.79. The van der Waals surface area contributed by atoms with Gasteiger partial charge in [-0.2, -0.15) is 10.5 Å². The number of hydrogen-bond donors (Lipinski definition) is 0. The Morgan fingerprint density at radius 3 is 2.17 bits per heavy atom. The van der Waals surface area contributed by atoms with Crippen LogP contribution in [0.15, 0.2) is 77.6 Å². The van der Waals surface area contributed by atoms with Gasteiger partial charge in [-0.15, -0.1) is 11.3 Å². The van der Waals surface area contributed by atoms with Crippen LogP contribution >= 0.6 is 11.3 Å². The van der Waals surface area contributed by atoms with Gasteiger partial charge in [-0.25, -0.2) is 0 Å². The van der Waals surface area contributed by atoms with E-state index in [2.05, 4.69) is 36.1 Å². The van der Waals surface area contributed by atoms with Crippen molar-refractivity contribution in [2.75, 3.05) is 11.4 Å². The highest BCUT2D eigenvalue weighted by Crippen LogP contribution is 2.19. The first kappa shape index (κ1) is 24.7. The number of aryl methyl sites for hydroxylation is 2. The molecule has 178 valence electrons. The van der Waals surface area contributed by atoms with Crippen LogP contribution in [0.25, 0.3) is 17.3 Å². The third kappa shape index (κ3) is 5.00. The second-order valence-electron chi connectivity index (χ2n) is 8.49. The molecule has 0 spiro atoms. The number of rotatable bonds is 6. The van der Waals surface area contributed by atoms with Crippen molar-refractivity contribution in [3.63, 3.8) is 0 Å². The summed E-state index contributed by atoms with van der Waals surface area (Å²) in [6.45, 7) is 7.66. The van der Waals surface area contributed by atoms with E-state index < -0.39 is 0 Å². The third-order valence-corrected chi connectivity index (χ3v) is 7.17. The lowest BCUT2D eigenvalue weighted by Gasteiger charge is -2.23. The maximum atomic E-state index is 13.6. The van der Waals surface area contributed by atoms with E-state index in [4.69, 9.17) is 0 Å². The SMILES string of the molecule is CCN(Cc1ccccc1)c1ccc(C=c2sc(=C(C#N)C#N)n(-c3c(C)cccc3C)c2=O)cc1. The minimum absolute atomic E-state index is 0.0748. The van der Waals surface area contributed by atoms with Crippen LogP contribution in [0.3, 0.4) is 0 Å². The van der Waals surface area contributed by atoms with Crippen molar-refractivity contribution in [1.82, 2.24) is 4.57 Å². The molecule has 1 aromatic heterocycles. The van der Waals surface area contributed by atoms with Gasteiger partial charge in [0.2, 0.25) is 0 Å². The van der Waals surface area contributed by atoms with E-state index >= 15 is 0 Å². The van der Waals surface area contributed by atoms with Gasteiger partial charge in [0.1, 0.15) is 16.8 Å². The first-order chi connectivity index (χ1) is 17.5. The van der Waals surface area contributed by atoms with E-state index in [1.54, 1.807) is 0 Å². The van der Waals surface area contributed by atoms with Crippen molar-refractivity contribution in [3.05, 3.63) is 115 Å². The molecular formula is C30H26N4OS. The van der Waals surface area contributed by atoms with Crippen LogP contribution in [0.2, 0.25) is 0 Å². The fourth-order valence-corrected chi connectivity index (χ4v) is 5.29. The minimum Gasteiger partial charge on any atom is -0.367 e. The maximum Gasteiger partial charge on any atom is 0.273 e. The molecule has 0 bridgehead atoms. The molecule has 6 heteroatoms. The zero-order valence-corrected chi connectivity index (χ0v) is 21.3. The monoisotopic (exact) mass is 490 g/mol. The van der Waals surface area contributed by atoms with Crippen LogP contribution in [-0.4, -0.2) is 11.1 Å². The van der Waals surface area contributed by atoms with Gasteiger partial charge in [-0.3, -0.25) is 9.36 Å². The summed E-state index contributed by atoms with van der Waals surface area (Å²) in [5, 5.41) is 19.1. The number of anilines is 1. The Hall–Kier alpha value is -4.39. The van der Waals surface area contributed by atoms with Gasteiger partial charge in [0.15, 0.2) is 5.57 Å². The van der Waals surface area contributed by atoms with Crippen molar-refractivity contribution >= 4 is 28.7 Å². The molecule has 4 rings (SSSR count). The molecule has 1 heterocycles. The lowest BCUT2D eigenvalue weighted by Crippen LogP contribution is -2.31. The van der Waals surface area contributed by atoms with Crippen molar-refractivity contribution < 1.29 is 0 Å². The highest BCUT2D eigenvalue weighted by molar-refractivity contribution is 7.07. The van der Waals surface area contributed by atoms with E-state index in [1.165, 1.54) is 21.5 Å². The molecule has 0 aliphatic heterocycles. The number of thiazole rings is 1. The van der Waals surface area contributed by atoms with Crippen LogP contribution in [0.1, 0.15) is 29.2 Å². The number of aromatic nitrogens is 1. The summed E-state index contributed by atoms with van der Waals surface area (Å²) in [5.74, 6) is 0. The summed E-state index contributed by atoms with van der Waals surface area (Å²) in [6.07, 6.45) is 1.82. The van der Waals surface area contributed by atoms with Gasteiger partial charge in [-0.05, 0) is 61.2 Å². The molecule has 0 unspecified atom stereocenters. The minimum atomic E-state index is -0.237. The lowest BCUT2D eigenvalue weighted by atomic mass is 10.1. The van der Waals surface area contributed by atoms with Gasteiger partial charge in [0.05, 0.1) is 10.2 Å². The van der Waals surface area contributed by atoms with E-state index in [1.807, 2.05) is 80.6 Å². The lowest BCUT2D eigenvalue weighted by molar-refractivity contribution is 0.832. The number of para-hydroxylation sites is 1. The third-order valence-electron chi connectivity index (χ3n) is 6.08. The molecule has 0 amide bonds. The Morgan fingerprint density at radius 1 is 0.944 bits per heavy atom. The molecule has 0 fully saturated rings. The van der Waals surface area contributed by atoms with Gasteiger partial charge < -0.3 is 4.90 Å². The summed E-state index contributed by atoms with van der Waals surface area (Å²) >= 11 is 1.17. The Bertz CT molecular complexity index is 1610. The molecule has 5 nitrogen and oxygen atoms in total.